The predicted octanol–water partition coefficient (Wildman–Crippen LogP) is 2.86. The van der Waals surface area contributed by atoms with Crippen molar-refractivity contribution >= 4 is 11.8 Å². The number of unbranched alkanes of at least 4 members (excludes halogenated alkanes) is 1. The van der Waals surface area contributed by atoms with E-state index in [2.05, 4.69) is 6.92 Å². The summed E-state index contributed by atoms with van der Waals surface area (Å²) in [6.07, 6.45) is 2.99. The fourth-order valence-corrected chi connectivity index (χ4v) is 2.24. The molecule has 0 saturated carbocycles. The molecule has 0 bridgehead atoms. The van der Waals surface area contributed by atoms with Crippen molar-refractivity contribution in [1.29, 1.82) is 0 Å². The SMILES string of the molecule is CCCC[C@@H](C)N1C(=O)c2ccccc2C1=O. The molecule has 0 fully saturated rings. The molecule has 0 spiro atoms. The second-order valence-corrected chi connectivity index (χ2v) is 4.52. The number of amides is 2. The number of carbonyl (C=O) groups excluding carboxylic acids is 2. The first kappa shape index (κ1) is 11.8. The van der Waals surface area contributed by atoms with Crippen LogP contribution in [-0.4, -0.2) is 22.8 Å². The lowest BCUT2D eigenvalue weighted by molar-refractivity contribution is 0.0588. The number of carbonyl (C=O) groups is 2. The molecule has 3 nitrogen and oxygen atoms in total. The summed E-state index contributed by atoms with van der Waals surface area (Å²) in [5.41, 5.74) is 1.08. The fraction of sp³-hybridized carbons (Fsp3) is 0.429. The zero-order chi connectivity index (χ0) is 12.4. The molecule has 1 atom stereocenters. The number of benzene rings is 1. The van der Waals surface area contributed by atoms with Crippen LogP contribution in [0.4, 0.5) is 0 Å². The normalized spacial score (nSPS) is 16.2. The topological polar surface area (TPSA) is 37.4 Å². The van der Waals surface area contributed by atoms with Gasteiger partial charge in [0.15, 0.2) is 0 Å². The highest BCUT2D eigenvalue weighted by molar-refractivity contribution is 6.21. The quantitative estimate of drug-likeness (QED) is 0.747. The van der Waals surface area contributed by atoms with E-state index in [1.54, 1.807) is 24.3 Å². The third-order valence-corrected chi connectivity index (χ3v) is 3.24. The van der Waals surface area contributed by atoms with Crippen LogP contribution in [0.1, 0.15) is 53.8 Å². The summed E-state index contributed by atoms with van der Waals surface area (Å²) in [6, 6.07) is 7.03. The van der Waals surface area contributed by atoms with Crippen molar-refractivity contribution in [2.75, 3.05) is 0 Å². The van der Waals surface area contributed by atoms with Crippen molar-refractivity contribution in [2.45, 2.75) is 39.2 Å². The van der Waals surface area contributed by atoms with Crippen LogP contribution >= 0.6 is 0 Å². The van der Waals surface area contributed by atoms with Gasteiger partial charge >= 0.3 is 0 Å². The molecular formula is C14H17NO2. The smallest absolute Gasteiger partial charge is 0.261 e. The third kappa shape index (κ3) is 1.97. The van der Waals surface area contributed by atoms with Crippen molar-refractivity contribution in [2.24, 2.45) is 0 Å². The van der Waals surface area contributed by atoms with E-state index in [0.29, 0.717) is 11.1 Å². The van der Waals surface area contributed by atoms with Crippen molar-refractivity contribution in [1.82, 2.24) is 4.90 Å². The van der Waals surface area contributed by atoms with Crippen LogP contribution in [0.3, 0.4) is 0 Å². The average Bonchev–Trinajstić information content (AvgIpc) is 2.60. The Labute approximate surface area is 101 Å². The minimum Gasteiger partial charge on any atom is -0.272 e. The van der Waals surface area contributed by atoms with Crippen LogP contribution in [0.25, 0.3) is 0 Å². The molecule has 0 saturated heterocycles. The summed E-state index contributed by atoms with van der Waals surface area (Å²) in [5.74, 6) is -0.289. The van der Waals surface area contributed by atoms with E-state index in [-0.39, 0.29) is 17.9 Å². The molecule has 90 valence electrons. The minimum atomic E-state index is -0.144. The Morgan fingerprint density at radius 2 is 1.65 bits per heavy atom. The van der Waals surface area contributed by atoms with Crippen molar-refractivity contribution < 1.29 is 9.59 Å². The largest absolute Gasteiger partial charge is 0.272 e. The zero-order valence-corrected chi connectivity index (χ0v) is 10.3. The van der Waals surface area contributed by atoms with Gasteiger partial charge in [0.2, 0.25) is 0 Å². The molecule has 0 N–H and O–H groups in total. The van der Waals surface area contributed by atoms with Crippen LogP contribution in [-0.2, 0) is 0 Å². The number of nitrogens with zero attached hydrogens (tertiary/aromatic N) is 1. The Morgan fingerprint density at radius 1 is 1.12 bits per heavy atom. The summed E-state index contributed by atoms with van der Waals surface area (Å²) in [5, 5.41) is 0. The molecule has 2 rings (SSSR count). The van der Waals surface area contributed by atoms with E-state index in [1.165, 1.54) is 4.90 Å². The summed E-state index contributed by atoms with van der Waals surface area (Å²) in [7, 11) is 0. The van der Waals surface area contributed by atoms with Crippen molar-refractivity contribution in [3.8, 4) is 0 Å². The monoisotopic (exact) mass is 231 g/mol. The van der Waals surface area contributed by atoms with Gasteiger partial charge in [-0.15, -0.1) is 0 Å². The lowest BCUT2D eigenvalue weighted by atomic mass is 10.1. The molecule has 0 unspecified atom stereocenters. The van der Waals surface area contributed by atoms with Crippen LogP contribution < -0.4 is 0 Å². The van der Waals surface area contributed by atoms with E-state index in [9.17, 15) is 9.59 Å². The lowest BCUT2D eigenvalue weighted by Crippen LogP contribution is -2.37. The van der Waals surface area contributed by atoms with Gasteiger partial charge in [-0.05, 0) is 25.5 Å². The average molecular weight is 231 g/mol. The molecule has 1 heterocycles. The molecular weight excluding hydrogens is 214 g/mol. The van der Waals surface area contributed by atoms with Gasteiger partial charge in [-0.1, -0.05) is 31.9 Å². The molecule has 2 amide bonds. The van der Waals surface area contributed by atoms with E-state index in [4.69, 9.17) is 0 Å². The number of hydrogen-bond acceptors (Lipinski definition) is 2. The summed E-state index contributed by atoms with van der Waals surface area (Å²) in [4.78, 5) is 25.6. The summed E-state index contributed by atoms with van der Waals surface area (Å²) < 4.78 is 0. The second-order valence-electron chi connectivity index (χ2n) is 4.52. The standard InChI is InChI=1S/C14H17NO2/c1-3-4-7-10(2)15-13(16)11-8-5-6-9-12(11)14(15)17/h5-6,8-10H,3-4,7H2,1-2H3/t10-/m1/s1. The Hall–Kier alpha value is -1.64. The Kier molecular flexibility index (Phi) is 3.27. The number of hydrogen-bond donors (Lipinski definition) is 0. The highest BCUT2D eigenvalue weighted by Crippen LogP contribution is 2.25. The van der Waals surface area contributed by atoms with Gasteiger partial charge in [-0.3, -0.25) is 14.5 Å². The molecule has 3 heteroatoms. The van der Waals surface area contributed by atoms with Gasteiger partial charge in [0.25, 0.3) is 11.8 Å². The van der Waals surface area contributed by atoms with Crippen LogP contribution in [0.2, 0.25) is 0 Å². The summed E-state index contributed by atoms with van der Waals surface area (Å²) in [6.45, 7) is 4.05. The van der Waals surface area contributed by atoms with Crippen LogP contribution in [0.5, 0.6) is 0 Å². The third-order valence-electron chi connectivity index (χ3n) is 3.24. The molecule has 0 aliphatic carbocycles. The Morgan fingerprint density at radius 3 is 2.12 bits per heavy atom. The predicted molar refractivity (Wildman–Crippen MR) is 65.9 cm³/mol. The van der Waals surface area contributed by atoms with Crippen molar-refractivity contribution in [3.05, 3.63) is 35.4 Å². The second kappa shape index (κ2) is 4.70. The number of rotatable bonds is 4. The van der Waals surface area contributed by atoms with Crippen LogP contribution in [0.15, 0.2) is 24.3 Å². The van der Waals surface area contributed by atoms with Crippen molar-refractivity contribution in [3.63, 3.8) is 0 Å². The fourth-order valence-electron chi connectivity index (χ4n) is 2.24. The molecule has 17 heavy (non-hydrogen) atoms. The maximum absolute atomic E-state index is 12.1. The number of imide groups is 1. The van der Waals surface area contributed by atoms with E-state index in [1.807, 2.05) is 6.92 Å². The first-order valence-corrected chi connectivity index (χ1v) is 6.13. The van der Waals surface area contributed by atoms with E-state index in [0.717, 1.165) is 19.3 Å². The summed E-state index contributed by atoms with van der Waals surface area (Å²) >= 11 is 0. The number of fused-ring (bicyclic) bond motifs is 1. The maximum Gasteiger partial charge on any atom is 0.261 e. The van der Waals surface area contributed by atoms with Gasteiger partial charge in [0.1, 0.15) is 0 Å². The van der Waals surface area contributed by atoms with Gasteiger partial charge in [-0.2, -0.15) is 0 Å². The van der Waals surface area contributed by atoms with Gasteiger partial charge in [0.05, 0.1) is 11.1 Å². The molecule has 1 aliphatic heterocycles. The molecule has 0 aromatic heterocycles. The highest BCUT2D eigenvalue weighted by Gasteiger charge is 2.37. The maximum atomic E-state index is 12.1. The van der Waals surface area contributed by atoms with E-state index < -0.39 is 0 Å². The minimum absolute atomic E-state index is 0.0117. The lowest BCUT2D eigenvalue weighted by Gasteiger charge is -2.22. The van der Waals surface area contributed by atoms with Gasteiger partial charge in [-0.25, -0.2) is 0 Å². The zero-order valence-electron chi connectivity index (χ0n) is 10.3. The molecule has 1 aromatic carbocycles. The molecule has 1 aromatic rings. The highest BCUT2D eigenvalue weighted by atomic mass is 16.2. The van der Waals surface area contributed by atoms with Crippen LogP contribution in [0, 0.1) is 0 Å². The Bertz CT molecular complexity index is 418. The molecule has 0 radical (unpaired) electrons. The van der Waals surface area contributed by atoms with Gasteiger partial charge < -0.3 is 0 Å². The Balaban J connectivity index is 2.24. The van der Waals surface area contributed by atoms with E-state index >= 15 is 0 Å². The first-order chi connectivity index (χ1) is 8.16. The van der Waals surface area contributed by atoms with Gasteiger partial charge in [0, 0.05) is 6.04 Å². The molecule has 1 aliphatic rings. The first-order valence-electron chi connectivity index (χ1n) is 6.13.